The van der Waals surface area contributed by atoms with Crippen LogP contribution in [0.15, 0.2) is 30.3 Å². The molecule has 0 saturated carbocycles. The monoisotopic (exact) mass is 303 g/mol. The smallest absolute Gasteiger partial charge is 0.0967 e. The molecule has 0 radical (unpaired) electrons. The predicted octanol–water partition coefficient (Wildman–Crippen LogP) is 3.28. The van der Waals surface area contributed by atoms with E-state index in [1.165, 1.54) is 24.9 Å². The van der Waals surface area contributed by atoms with Gasteiger partial charge >= 0.3 is 0 Å². The third-order valence-electron chi connectivity index (χ3n) is 5.36. The molecule has 0 N–H and O–H groups in total. The molecule has 2 heterocycles. The first-order valence-electron chi connectivity index (χ1n) is 8.75. The third-order valence-corrected chi connectivity index (χ3v) is 5.36. The first-order chi connectivity index (χ1) is 10.8. The molecule has 3 heteroatoms. The summed E-state index contributed by atoms with van der Waals surface area (Å²) in [6.07, 6.45) is 7.26. The van der Waals surface area contributed by atoms with Gasteiger partial charge in [-0.1, -0.05) is 30.3 Å². The SMILES string of the molecule is COC1CCCOC12CCN(CCCc1ccccc1)CC2. The molecule has 0 amide bonds. The van der Waals surface area contributed by atoms with Gasteiger partial charge in [0.15, 0.2) is 0 Å². The normalized spacial score (nSPS) is 25.4. The summed E-state index contributed by atoms with van der Waals surface area (Å²) in [7, 11) is 1.84. The zero-order valence-electron chi connectivity index (χ0n) is 13.8. The summed E-state index contributed by atoms with van der Waals surface area (Å²) in [6, 6.07) is 10.8. The number of nitrogens with zero attached hydrogens (tertiary/aromatic N) is 1. The van der Waals surface area contributed by atoms with Crippen LogP contribution >= 0.6 is 0 Å². The number of methoxy groups -OCH3 is 1. The zero-order valence-corrected chi connectivity index (χ0v) is 13.8. The van der Waals surface area contributed by atoms with Gasteiger partial charge in [0.05, 0.1) is 11.7 Å². The van der Waals surface area contributed by atoms with Gasteiger partial charge in [-0.3, -0.25) is 0 Å². The Bertz CT molecular complexity index is 440. The van der Waals surface area contributed by atoms with E-state index in [-0.39, 0.29) is 5.60 Å². The number of rotatable bonds is 5. The Balaban J connectivity index is 1.43. The molecule has 1 spiro atoms. The number of benzene rings is 1. The van der Waals surface area contributed by atoms with Crippen LogP contribution in [0.4, 0.5) is 0 Å². The van der Waals surface area contributed by atoms with Gasteiger partial charge in [0.25, 0.3) is 0 Å². The van der Waals surface area contributed by atoms with Gasteiger partial charge in [-0.25, -0.2) is 0 Å². The fourth-order valence-electron chi connectivity index (χ4n) is 4.01. The molecule has 1 aromatic rings. The highest BCUT2D eigenvalue weighted by atomic mass is 16.5. The quantitative estimate of drug-likeness (QED) is 0.833. The van der Waals surface area contributed by atoms with Crippen LogP contribution in [0.2, 0.25) is 0 Å². The minimum absolute atomic E-state index is 0.00291. The summed E-state index contributed by atoms with van der Waals surface area (Å²) in [6.45, 7) is 4.40. The predicted molar refractivity (Wildman–Crippen MR) is 89.2 cm³/mol. The number of ether oxygens (including phenoxy) is 2. The van der Waals surface area contributed by atoms with E-state index < -0.39 is 0 Å². The summed E-state index contributed by atoms with van der Waals surface area (Å²) in [4.78, 5) is 2.60. The lowest BCUT2D eigenvalue weighted by Crippen LogP contribution is -2.55. The molecule has 2 fully saturated rings. The van der Waals surface area contributed by atoms with Crippen LogP contribution in [0.3, 0.4) is 0 Å². The highest BCUT2D eigenvalue weighted by molar-refractivity contribution is 5.14. The zero-order chi connectivity index (χ0) is 15.3. The fraction of sp³-hybridized carbons (Fsp3) is 0.684. The van der Waals surface area contributed by atoms with Gasteiger partial charge in [-0.15, -0.1) is 0 Å². The van der Waals surface area contributed by atoms with Crippen LogP contribution in [-0.2, 0) is 15.9 Å². The topological polar surface area (TPSA) is 21.7 Å². The van der Waals surface area contributed by atoms with Crippen molar-refractivity contribution in [2.45, 2.75) is 50.2 Å². The van der Waals surface area contributed by atoms with Crippen LogP contribution in [0.1, 0.15) is 37.7 Å². The van der Waals surface area contributed by atoms with Crippen molar-refractivity contribution in [3.05, 3.63) is 35.9 Å². The molecular weight excluding hydrogens is 274 g/mol. The summed E-state index contributed by atoms with van der Waals surface area (Å²) in [5.41, 5.74) is 1.45. The first kappa shape index (κ1) is 16.0. The van der Waals surface area contributed by atoms with E-state index in [1.807, 2.05) is 7.11 Å². The van der Waals surface area contributed by atoms with Crippen molar-refractivity contribution in [2.75, 3.05) is 33.4 Å². The van der Waals surface area contributed by atoms with E-state index in [4.69, 9.17) is 9.47 Å². The molecule has 2 aliphatic rings. The molecule has 122 valence electrons. The minimum atomic E-state index is 0.00291. The number of piperidine rings is 1. The van der Waals surface area contributed by atoms with Gasteiger partial charge in [-0.2, -0.15) is 0 Å². The minimum Gasteiger partial charge on any atom is -0.378 e. The van der Waals surface area contributed by atoms with E-state index in [0.29, 0.717) is 6.10 Å². The molecule has 22 heavy (non-hydrogen) atoms. The number of likely N-dealkylation sites (tertiary alicyclic amines) is 1. The van der Waals surface area contributed by atoms with E-state index in [0.717, 1.165) is 45.4 Å². The molecule has 1 atom stereocenters. The molecule has 1 unspecified atom stereocenters. The second-order valence-electron chi connectivity index (χ2n) is 6.71. The maximum absolute atomic E-state index is 6.18. The van der Waals surface area contributed by atoms with Gasteiger partial charge in [0.1, 0.15) is 0 Å². The van der Waals surface area contributed by atoms with Crippen molar-refractivity contribution in [1.29, 1.82) is 0 Å². The lowest BCUT2D eigenvalue weighted by atomic mass is 9.82. The Labute approximate surface area is 134 Å². The van der Waals surface area contributed by atoms with Gasteiger partial charge in [0.2, 0.25) is 0 Å². The first-order valence-corrected chi connectivity index (χ1v) is 8.75. The van der Waals surface area contributed by atoms with Crippen molar-refractivity contribution < 1.29 is 9.47 Å². The standard InChI is InChI=1S/C19H29NO2/c1-21-18-10-6-16-22-19(18)11-14-20(15-12-19)13-5-9-17-7-3-2-4-8-17/h2-4,7-8,18H,5-6,9-16H2,1H3. The maximum Gasteiger partial charge on any atom is 0.0967 e. The summed E-state index contributed by atoms with van der Waals surface area (Å²) < 4.78 is 11.9. The van der Waals surface area contributed by atoms with Crippen molar-refractivity contribution >= 4 is 0 Å². The van der Waals surface area contributed by atoms with Crippen molar-refractivity contribution in [1.82, 2.24) is 4.90 Å². The Kier molecular flexibility index (Phi) is 5.51. The second kappa shape index (κ2) is 7.58. The van der Waals surface area contributed by atoms with Crippen LogP contribution in [0.5, 0.6) is 0 Å². The van der Waals surface area contributed by atoms with Crippen LogP contribution in [0, 0.1) is 0 Å². The van der Waals surface area contributed by atoms with Gasteiger partial charge in [-0.05, 0) is 50.6 Å². The van der Waals surface area contributed by atoms with E-state index in [2.05, 4.69) is 35.2 Å². The lowest BCUT2D eigenvalue weighted by Gasteiger charge is -2.48. The number of hydrogen-bond donors (Lipinski definition) is 0. The van der Waals surface area contributed by atoms with Crippen LogP contribution in [0.25, 0.3) is 0 Å². The lowest BCUT2D eigenvalue weighted by molar-refractivity contribution is -0.186. The molecule has 3 rings (SSSR count). The highest BCUT2D eigenvalue weighted by Gasteiger charge is 2.44. The largest absolute Gasteiger partial charge is 0.378 e. The molecule has 0 aliphatic carbocycles. The van der Waals surface area contributed by atoms with Gasteiger partial charge in [0, 0.05) is 26.8 Å². The Morgan fingerprint density at radius 2 is 2.00 bits per heavy atom. The summed E-state index contributed by atoms with van der Waals surface area (Å²) >= 11 is 0. The molecule has 3 nitrogen and oxygen atoms in total. The van der Waals surface area contributed by atoms with Gasteiger partial charge < -0.3 is 14.4 Å². The Morgan fingerprint density at radius 3 is 2.73 bits per heavy atom. The Morgan fingerprint density at radius 1 is 1.23 bits per heavy atom. The summed E-state index contributed by atoms with van der Waals surface area (Å²) in [5, 5.41) is 0. The molecule has 0 bridgehead atoms. The third kappa shape index (κ3) is 3.70. The number of aryl methyl sites for hydroxylation is 1. The highest BCUT2D eigenvalue weighted by Crippen LogP contribution is 2.36. The molecule has 2 aliphatic heterocycles. The van der Waals surface area contributed by atoms with Crippen molar-refractivity contribution in [3.8, 4) is 0 Å². The van der Waals surface area contributed by atoms with E-state index in [9.17, 15) is 0 Å². The molecular formula is C19H29NO2. The van der Waals surface area contributed by atoms with Crippen molar-refractivity contribution in [3.63, 3.8) is 0 Å². The van der Waals surface area contributed by atoms with Crippen molar-refractivity contribution in [2.24, 2.45) is 0 Å². The fourth-order valence-corrected chi connectivity index (χ4v) is 4.01. The number of hydrogen-bond acceptors (Lipinski definition) is 3. The second-order valence-corrected chi connectivity index (χ2v) is 6.71. The van der Waals surface area contributed by atoms with E-state index in [1.54, 1.807) is 0 Å². The molecule has 0 aromatic heterocycles. The van der Waals surface area contributed by atoms with Crippen LogP contribution in [-0.4, -0.2) is 50.0 Å². The molecule has 2 saturated heterocycles. The average molecular weight is 303 g/mol. The average Bonchev–Trinajstić information content (AvgIpc) is 2.58. The van der Waals surface area contributed by atoms with E-state index >= 15 is 0 Å². The Hall–Kier alpha value is -0.900. The molecule has 1 aromatic carbocycles. The van der Waals surface area contributed by atoms with Crippen LogP contribution < -0.4 is 0 Å². The summed E-state index contributed by atoms with van der Waals surface area (Å²) in [5.74, 6) is 0. The maximum atomic E-state index is 6.18.